The van der Waals surface area contributed by atoms with Crippen molar-refractivity contribution >= 4 is 11.8 Å². The molecule has 2 heterocycles. The number of carbonyl (C=O) groups excluding carboxylic acids is 2. The molecule has 0 radical (unpaired) electrons. The number of hydrogen-bond acceptors (Lipinski definition) is 6. The molecule has 110 valence electrons. The van der Waals surface area contributed by atoms with E-state index >= 15 is 0 Å². The fourth-order valence-electron chi connectivity index (χ4n) is 2.46. The van der Waals surface area contributed by atoms with E-state index in [4.69, 9.17) is 10.5 Å². The fraction of sp³-hybridized carbons (Fsp3) is 0.125. The third kappa shape index (κ3) is 2.12. The third-order valence-corrected chi connectivity index (χ3v) is 3.64. The second-order valence-corrected chi connectivity index (χ2v) is 4.92. The van der Waals surface area contributed by atoms with E-state index < -0.39 is 17.9 Å². The molecule has 2 aromatic rings. The zero-order valence-electron chi connectivity index (χ0n) is 12.0. The van der Waals surface area contributed by atoms with Crippen molar-refractivity contribution in [2.75, 3.05) is 0 Å². The lowest BCUT2D eigenvalue weighted by Crippen LogP contribution is -2.33. The van der Waals surface area contributed by atoms with Crippen LogP contribution in [0.2, 0.25) is 0 Å². The normalized spacial score (nSPS) is 14.1. The van der Waals surface area contributed by atoms with Gasteiger partial charge in [0.1, 0.15) is 12.1 Å². The number of carbonyl (C=O) groups is 2. The van der Waals surface area contributed by atoms with Crippen molar-refractivity contribution in [3.05, 3.63) is 58.7 Å². The minimum atomic E-state index is -0.699. The van der Waals surface area contributed by atoms with Crippen LogP contribution >= 0.6 is 0 Å². The van der Waals surface area contributed by atoms with Crippen LogP contribution in [0.4, 0.5) is 0 Å². The molecule has 7 heteroatoms. The van der Waals surface area contributed by atoms with Gasteiger partial charge < -0.3 is 0 Å². The molecule has 1 aromatic heterocycles. The summed E-state index contributed by atoms with van der Waals surface area (Å²) in [6, 6.07) is 9.42. The fourth-order valence-corrected chi connectivity index (χ4v) is 2.46. The molecule has 3 rings (SSSR count). The van der Waals surface area contributed by atoms with E-state index in [-0.39, 0.29) is 17.1 Å². The molecule has 0 fully saturated rings. The summed E-state index contributed by atoms with van der Waals surface area (Å²) in [5.41, 5.74) is 0.729. The van der Waals surface area contributed by atoms with Gasteiger partial charge in [0.2, 0.25) is 0 Å². The highest BCUT2D eigenvalue weighted by atomic mass is 16.2. The van der Waals surface area contributed by atoms with Gasteiger partial charge in [-0.05, 0) is 19.1 Å². The minimum Gasteiger partial charge on any atom is -0.269 e. The molecule has 0 spiro atoms. The summed E-state index contributed by atoms with van der Waals surface area (Å²) in [4.78, 5) is 33.9. The average molecular weight is 303 g/mol. The summed E-state index contributed by atoms with van der Waals surface area (Å²) in [6.45, 7) is 1.62. The molecule has 1 aromatic carbocycles. The maximum absolute atomic E-state index is 12.4. The first-order valence-corrected chi connectivity index (χ1v) is 6.72. The molecule has 1 unspecified atom stereocenters. The van der Waals surface area contributed by atoms with Gasteiger partial charge in [0.15, 0.2) is 11.4 Å². The summed E-state index contributed by atoms with van der Waals surface area (Å²) in [6.07, 6.45) is 1.30. The summed E-state index contributed by atoms with van der Waals surface area (Å²) in [5, 5.41) is 17.9. The van der Waals surface area contributed by atoms with Gasteiger partial charge >= 0.3 is 0 Å². The van der Waals surface area contributed by atoms with Crippen molar-refractivity contribution in [2.24, 2.45) is 0 Å². The highest BCUT2D eigenvalue weighted by Crippen LogP contribution is 2.30. The lowest BCUT2D eigenvalue weighted by atomic mass is 10.1. The van der Waals surface area contributed by atoms with Crippen LogP contribution in [0.25, 0.3) is 0 Å². The topological polar surface area (TPSA) is 111 Å². The Morgan fingerprint density at radius 2 is 1.61 bits per heavy atom. The van der Waals surface area contributed by atoms with Crippen molar-refractivity contribution in [1.82, 2.24) is 14.9 Å². The zero-order valence-corrected chi connectivity index (χ0v) is 12.0. The highest BCUT2D eigenvalue weighted by molar-refractivity contribution is 6.21. The van der Waals surface area contributed by atoms with E-state index in [1.54, 1.807) is 43.3 Å². The number of amides is 2. The molecule has 0 N–H and O–H groups in total. The Morgan fingerprint density at radius 1 is 1.04 bits per heavy atom. The molecular weight excluding hydrogens is 294 g/mol. The average Bonchev–Trinajstić information content (AvgIpc) is 2.85. The lowest BCUT2D eigenvalue weighted by molar-refractivity contribution is 0.0592. The minimum absolute atomic E-state index is 0.0918. The third-order valence-electron chi connectivity index (χ3n) is 3.64. The first-order valence-electron chi connectivity index (χ1n) is 6.72. The molecule has 2 amide bonds. The number of imide groups is 1. The maximum Gasteiger partial charge on any atom is 0.262 e. The van der Waals surface area contributed by atoms with Crippen LogP contribution < -0.4 is 0 Å². The molecule has 0 aliphatic carbocycles. The van der Waals surface area contributed by atoms with Gasteiger partial charge in [-0.25, -0.2) is 9.97 Å². The number of benzene rings is 1. The molecule has 0 bridgehead atoms. The quantitative estimate of drug-likeness (QED) is 0.779. The predicted molar refractivity (Wildman–Crippen MR) is 76.8 cm³/mol. The van der Waals surface area contributed by atoms with E-state index in [1.807, 2.05) is 0 Å². The predicted octanol–water partition coefficient (Wildman–Crippen LogP) is 1.58. The number of rotatable bonds is 2. The molecule has 7 nitrogen and oxygen atoms in total. The summed E-state index contributed by atoms with van der Waals surface area (Å²) in [7, 11) is 0. The van der Waals surface area contributed by atoms with Crippen molar-refractivity contribution in [3.63, 3.8) is 0 Å². The Labute approximate surface area is 131 Å². The molecule has 0 saturated carbocycles. The first-order chi connectivity index (χ1) is 11.1. The summed E-state index contributed by atoms with van der Waals surface area (Å²) >= 11 is 0. The van der Waals surface area contributed by atoms with E-state index in [0.717, 1.165) is 4.90 Å². The molecule has 1 aliphatic heterocycles. The summed E-state index contributed by atoms with van der Waals surface area (Å²) in [5.74, 6) is -0.828. The number of aromatic nitrogens is 2. The monoisotopic (exact) mass is 303 g/mol. The first kappa shape index (κ1) is 14.4. The smallest absolute Gasteiger partial charge is 0.262 e. The van der Waals surface area contributed by atoms with Crippen LogP contribution in [-0.4, -0.2) is 26.7 Å². The Kier molecular flexibility index (Phi) is 3.32. The van der Waals surface area contributed by atoms with Crippen LogP contribution in [0.5, 0.6) is 0 Å². The largest absolute Gasteiger partial charge is 0.269 e. The second kappa shape index (κ2) is 5.32. The van der Waals surface area contributed by atoms with Gasteiger partial charge in [0, 0.05) is 0 Å². The van der Waals surface area contributed by atoms with Gasteiger partial charge in [-0.1, -0.05) is 12.1 Å². The van der Waals surface area contributed by atoms with Crippen LogP contribution in [0.15, 0.2) is 30.5 Å². The van der Waals surface area contributed by atoms with E-state index in [0.29, 0.717) is 11.1 Å². The SMILES string of the molecule is CC(c1cnc(C#N)c(C#N)n1)N1C(=O)c2ccccc2C1=O. The van der Waals surface area contributed by atoms with Gasteiger partial charge in [-0.15, -0.1) is 0 Å². The second-order valence-electron chi connectivity index (χ2n) is 4.92. The highest BCUT2D eigenvalue weighted by Gasteiger charge is 2.39. The maximum atomic E-state index is 12.4. The van der Waals surface area contributed by atoms with Crippen LogP contribution in [-0.2, 0) is 0 Å². The molecular formula is C16H9N5O2. The number of fused-ring (bicyclic) bond motifs is 1. The molecule has 23 heavy (non-hydrogen) atoms. The van der Waals surface area contributed by atoms with Crippen LogP contribution in [0.1, 0.15) is 50.8 Å². The molecule has 1 atom stereocenters. The van der Waals surface area contributed by atoms with Crippen molar-refractivity contribution in [2.45, 2.75) is 13.0 Å². The Morgan fingerprint density at radius 3 is 2.13 bits per heavy atom. The summed E-state index contributed by atoms with van der Waals surface area (Å²) < 4.78 is 0. The van der Waals surface area contributed by atoms with Gasteiger partial charge in [0.05, 0.1) is 29.1 Å². The van der Waals surface area contributed by atoms with Crippen LogP contribution in [0.3, 0.4) is 0 Å². The molecule has 0 saturated heterocycles. The van der Waals surface area contributed by atoms with Crippen molar-refractivity contribution < 1.29 is 9.59 Å². The standard InChI is InChI=1S/C16H9N5O2/c1-9(14-8-19-12(6-17)13(7-18)20-14)21-15(22)10-4-2-3-5-11(10)16(21)23/h2-5,8-9H,1H3. The van der Waals surface area contributed by atoms with Gasteiger partial charge in [-0.2, -0.15) is 10.5 Å². The number of nitriles is 2. The lowest BCUT2D eigenvalue weighted by Gasteiger charge is -2.21. The zero-order chi connectivity index (χ0) is 16.6. The number of nitrogens with zero attached hydrogens (tertiary/aromatic N) is 5. The van der Waals surface area contributed by atoms with E-state index in [1.165, 1.54) is 6.20 Å². The van der Waals surface area contributed by atoms with Gasteiger partial charge in [-0.3, -0.25) is 14.5 Å². The van der Waals surface area contributed by atoms with Crippen molar-refractivity contribution in [1.29, 1.82) is 10.5 Å². The Hall–Kier alpha value is -3.58. The van der Waals surface area contributed by atoms with Crippen molar-refractivity contribution in [3.8, 4) is 12.1 Å². The van der Waals surface area contributed by atoms with Crippen LogP contribution in [0, 0.1) is 22.7 Å². The molecule has 1 aliphatic rings. The van der Waals surface area contributed by atoms with E-state index in [9.17, 15) is 9.59 Å². The van der Waals surface area contributed by atoms with E-state index in [2.05, 4.69) is 9.97 Å². The Balaban J connectivity index is 2.01. The Bertz CT molecular complexity index is 888. The van der Waals surface area contributed by atoms with Gasteiger partial charge in [0.25, 0.3) is 11.8 Å². The number of hydrogen-bond donors (Lipinski definition) is 0.